The normalized spacial score (nSPS) is 12.8. The summed E-state index contributed by atoms with van der Waals surface area (Å²) in [4.78, 5) is 13.9. The first-order valence-electron chi connectivity index (χ1n) is 5.18. The van der Waals surface area contributed by atoms with Crippen molar-refractivity contribution in [3.05, 3.63) is 35.9 Å². The third-order valence-electron chi connectivity index (χ3n) is 2.41. The van der Waals surface area contributed by atoms with E-state index >= 15 is 0 Å². The average Bonchev–Trinajstić information content (AvgIpc) is 2.30. The van der Waals surface area contributed by atoms with E-state index < -0.39 is 5.50 Å². The number of Topliss-reactive ketones (excluding diaryl/α,β-unsaturated/α-hetero) is 1. The summed E-state index contributed by atoms with van der Waals surface area (Å²) in [5.74, 6) is -0.0269. The zero-order valence-corrected chi connectivity index (χ0v) is 9.87. The summed E-state index contributed by atoms with van der Waals surface area (Å²) >= 11 is 6.11. The number of halogens is 1. The van der Waals surface area contributed by atoms with Crippen LogP contribution in [0.4, 0.5) is 0 Å². The van der Waals surface area contributed by atoms with Gasteiger partial charge in [-0.3, -0.25) is 9.69 Å². The van der Waals surface area contributed by atoms with E-state index in [1.165, 1.54) is 0 Å². The molecule has 0 saturated heterocycles. The Morgan fingerprint density at radius 3 is 2.27 bits per heavy atom. The van der Waals surface area contributed by atoms with Gasteiger partial charge in [0.2, 0.25) is 0 Å². The fourth-order valence-electron chi connectivity index (χ4n) is 1.45. The highest BCUT2D eigenvalue weighted by Gasteiger charge is 2.21. The zero-order valence-electron chi connectivity index (χ0n) is 9.11. The molecule has 2 nitrogen and oxygen atoms in total. The van der Waals surface area contributed by atoms with Gasteiger partial charge in [0.15, 0.2) is 5.78 Å². The molecule has 15 heavy (non-hydrogen) atoms. The monoisotopic (exact) mass is 225 g/mol. The van der Waals surface area contributed by atoms with Crippen LogP contribution in [0.2, 0.25) is 0 Å². The Morgan fingerprint density at radius 1 is 1.27 bits per heavy atom. The van der Waals surface area contributed by atoms with Gasteiger partial charge in [0.1, 0.15) is 5.50 Å². The van der Waals surface area contributed by atoms with Gasteiger partial charge in [-0.05, 0) is 13.1 Å². The van der Waals surface area contributed by atoms with Gasteiger partial charge < -0.3 is 0 Å². The van der Waals surface area contributed by atoms with Crippen LogP contribution in [0.15, 0.2) is 30.3 Å². The third-order valence-corrected chi connectivity index (χ3v) is 2.88. The van der Waals surface area contributed by atoms with Crippen molar-refractivity contribution in [3.8, 4) is 0 Å². The Kier molecular flexibility index (Phi) is 4.79. The third kappa shape index (κ3) is 3.05. The quantitative estimate of drug-likeness (QED) is 0.436. The van der Waals surface area contributed by atoms with Gasteiger partial charge in [0.25, 0.3) is 0 Å². The minimum Gasteiger partial charge on any atom is -0.291 e. The number of ketones is 1. The number of hydrogen-bond acceptors (Lipinski definition) is 2. The van der Waals surface area contributed by atoms with Crippen LogP contribution < -0.4 is 0 Å². The molecule has 0 fully saturated rings. The van der Waals surface area contributed by atoms with E-state index in [4.69, 9.17) is 11.6 Å². The summed E-state index contributed by atoms with van der Waals surface area (Å²) in [6.45, 7) is 5.56. The number of likely N-dealkylation sites (N-methyl/N-ethyl adjacent to an activating group) is 1. The first-order valence-corrected chi connectivity index (χ1v) is 5.61. The molecule has 0 aliphatic heterocycles. The Labute approximate surface area is 95.8 Å². The molecule has 0 heterocycles. The van der Waals surface area contributed by atoms with Crippen LogP contribution in [0.25, 0.3) is 0 Å². The SMILES string of the molecule is CCN(CC)C(Cl)C(=O)c1ccccc1. The van der Waals surface area contributed by atoms with E-state index in [0.29, 0.717) is 5.56 Å². The second-order valence-corrected chi connectivity index (χ2v) is 3.70. The molecule has 0 bridgehead atoms. The maximum absolute atomic E-state index is 11.9. The fraction of sp³-hybridized carbons (Fsp3) is 0.417. The van der Waals surface area contributed by atoms with Gasteiger partial charge >= 0.3 is 0 Å². The predicted octanol–water partition coefficient (Wildman–Crippen LogP) is 2.78. The highest BCUT2D eigenvalue weighted by atomic mass is 35.5. The molecule has 82 valence electrons. The number of carbonyl (C=O) groups is 1. The van der Waals surface area contributed by atoms with Gasteiger partial charge in [-0.2, -0.15) is 0 Å². The van der Waals surface area contributed by atoms with E-state index in [0.717, 1.165) is 13.1 Å². The van der Waals surface area contributed by atoms with Crippen molar-refractivity contribution in [2.24, 2.45) is 0 Å². The van der Waals surface area contributed by atoms with Crippen LogP contribution in [-0.2, 0) is 0 Å². The van der Waals surface area contributed by atoms with E-state index in [-0.39, 0.29) is 5.78 Å². The van der Waals surface area contributed by atoms with Crippen molar-refractivity contribution in [3.63, 3.8) is 0 Å². The largest absolute Gasteiger partial charge is 0.291 e. The number of benzene rings is 1. The lowest BCUT2D eigenvalue weighted by Gasteiger charge is -2.23. The smallest absolute Gasteiger partial charge is 0.195 e. The molecule has 0 aromatic heterocycles. The lowest BCUT2D eigenvalue weighted by molar-refractivity contribution is 0.0906. The Bertz CT molecular complexity index is 309. The Morgan fingerprint density at radius 2 is 1.80 bits per heavy atom. The van der Waals surface area contributed by atoms with E-state index in [1.807, 2.05) is 36.9 Å². The van der Waals surface area contributed by atoms with Gasteiger partial charge in [0, 0.05) is 5.56 Å². The van der Waals surface area contributed by atoms with E-state index in [1.54, 1.807) is 12.1 Å². The van der Waals surface area contributed by atoms with Gasteiger partial charge in [-0.15, -0.1) is 0 Å². The van der Waals surface area contributed by atoms with Crippen molar-refractivity contribution in [2.75, 3.05) is 13.1 Å². The van der Waals surface area contributed by atoms with Gasteiger partial charge in [0.05, 0.1) is 0 Å². The lowest BCUT2D eigenvalue weighted by atomic mass is 10.1. The molecule has 1 atom stereocenters. The second kappa shape index (κ2) is 5.89. The molecule has 0 radical (unpaired) electrons. The minimum atomic E-state index is -0.553. The maximum atomic E-state index is 11.9. The van der Waals surface area contributed by atoms with E-state index in [2.05, 4.69) is 0 Å². The molecule has 0 amide bonds. The summed E-state index contributed by atoms with van der Waals surface area (Å²) in [6, 6.07) is 9.16. The summed E-state index contributed by atoms with van der Waals surface area (Å²) in [6.07, 6.45) is 0. The van der Waals surface area contributed by atoms with Gasteiger partial charge in [-0.1, -0.05) is 55.8 Å². The first-order chi connectivity index (χ1) is 7.20. The summed E-state index contributed by atoms with van der Waals surface area (Å²) < 4.78 is 0. The molecular formula is C12H16ClNO. The highest BCUT2D eigenvalue weighted by Crippen LogP contribution is 2.12. The number of nitrogens with zero attached hydrogens (tertiary/aromatic N) is 1. The van der Waals surface area contributed by atoms with Crippen molar-refractivity contribution in [2.45, 2.75) is 19.3 Å². The topological polar surface area (TPSA) is 20.3 Å². The van der Waals surface area contributed by atoms with Gasteiger partial charge in [-0.25, -0.2) is 0 Å². The average molecular weight is 226 g/mol. The number of rotatable bonds is 5. The van der Waals surface area contributed by atoms with E-state index in [9.17, 15) is 4.79 Å². The highest BCUT2D eigenvalue weighted by molar-refractivity contribution is 6.33. The van der Waals surface area contributed by atoms with Crippen LogP contribution in [0.3, 0.4) is 0 Å². The fourth-order valence-corrected chi connectivity index (χ4v) is 1.85. The molecule has 0 aliphatic carbocycles. The second-order valence-electron chi connectivity index (χ2n) is 3.29. The molecule has 0 N–H and O–H groups in total. The van der Waals surface area contributed by atoms with Crippen LogP contribution in [-0.4, -0.2) is 29.3 Å². The summed E-state index contributed by atoms with van der Waals surface area (Å²) in [5, 5.41) is 0. The maximum Gasteiger partial charge on any atom is 0.195 e. The number of carbonyl (C=O) groups excluding carboxylic acids is 1. The van der Waals surface area contributed by atoms with Crippen LogP contribution in [0.1, 0.15) is 24.2 Å². The first kappa shape index (κ1) is 12.2. The number of alkyl halides is 1. The molecule has 0 spiro atoms. The molecule has 0 saturated carbocycles. The number of hydrogen-bond donors (Lipinski definition) is 0. The van der Waals surface area contributed by atoms with Crippen LogP contribution in [0, 0.1) is 0 Å². The molecule has 1 aromatic rings. The Hall–Kier alpha value is -0.860. The summed E-state index contributed by atoms with van der Waals surface area (Å²) in [7, 11) is 0. The van der Waals surface area contributed by atoms with Crippen molar-refractivity contribution in [1.82, 2.24) is 4.90 Å². The van der Waals surface area contributed by atoms with Crippen LogP contribution in [0.5, 0.6) is 0 Å². The molecule has 1 rings (SSSR count). The molecule has 1 unspecified atom stereocenters. The van der Waals surface area contributed by atoms with Crippen LogP contribution >= 0.6 is 11.6 Å². The Balaban J connectivity index is 2.77. The van der Waals surface area contributed by atoms with Crippen molar-refractivity contribution < 1.29 is 4.79 Å². The predicted molar refractivity (Wildman–Crippen MR) is 63.3 cm³/mol. The van der Waals surface area contributed by atoms with Crippen molar-refractivity contribution >= 4 is 17.4 Å². The summed E-state index contributed by atoms with van der Waals surface area (Å²) in [5.41, 5.74) is 0.117. The van der Waals surface area contributed by atoms with Crippen molar-refractivity contribution in [1.29, 1.82) is 0 Å². The lowest BCUT2D eigenvalue weighted by Crippen LogP contribution is -2.36. The minimum absolute atomic E-state index is 0.0269. The molecule has 1 aromatic carbocycles. The zero-order chi connectivity index (χ0) is 11.3. The molecule has 3 heteroatoms. The molecular weight excluding hydrogens is 210 g/mol. The molecule has 0 aliphatic rings. The standard InChI is InChI=1S/C12H16ClNO/c1-3-14(4-2)12(13)11(15)10-8-6-5-7-9-10/h5-9,12H,3-4H2,1-2H3.